The molecule has 2 aromatic carbocycles. The highest BCUT2D eigenvalue weighted by atomic mass is 35.5. The van der Waals surface area contributed by atoms with Crippen molar-refractivity contribution in [1.82, 2.24) is 10.2 Å². The number of carbonyl (C=O) groups excluding carboxylic acids is 1. The second-order valence-corrected chi connectivity index (χ2v) is 5.43. The first-order valence-electron chi connectivity index (χ1n) is 6.88. The van der Waals surface area contributed by atoms with Gasteiger partial charge < -0.3 is 11.1 Å². The SMILES string of the molecule is N[C@@H](Cc1ccccc1)C(=O)Nc1n[nH]c2c(Cl)cccc12. The largest absolute Gasteiger partial charge is 0.320 e. The Hall–Kier alpha value is -2.37. The third-order valence-electron chi connectivity index (χ3n) is 3.43. The van der Waals surface area contributed by atoms with E-state index in [1.54, 1.807) is 12.1 Å². The number of aromatic amines is 1. The molecule has 0 aliphatic carbocycles. The molecule has 1 amide bonds. The number of hydrogen-bond donors (Lipinski definition) is 3. The average Bonchev–Trinajstić information content (AvgIpc) is 2.93. The first kappa shape index (κ1) is 14.6. The number of amides is 1. The molecule has 1 atom stereocenters. The number of nitrogens with two attached hydrogens (primary N) is 1. The molecule has 1 heterocycles. The highest BCUT2D eigenvalue weighted by Crippen LogP contribution is 2.26. The van der Waals surface area contributed by atoms with Crippen LogP contribution in [-0.2, 0) is 11.2 Å². The van der Waals surface area contributed by atoms with Gasteiger partial charge in [0.25, 0.3) is 0 Å². The summed E-state index contributed by atoms with van der Waals surface area (Å²) in [6.07, 6.45) is 0.468. The van der Waals surface area contributed by atoms with E-state index in [2.05, 4.69) is 15.5 Å². The van der Waals surface area contributed by atoms with Crippen LogP contribution in [0.15, 0.2) is 48.5 Å². The maximum absolute atomic E-state index is 12.2. The van der Waals surface area contributed by atoms with Crippen LogP contribution in [0, 0.1) is 0 Å². The number of para-hydroxylation sites is 1. The normalized spacial score (nSPS) is 12.3. The van der Waals surface area contributed by atoms with E-state index in [1.165, 1.54) is 0 Å². The molecule has 112 valence electrons. The predicted octanol–water partition coefficient (Wildman–Crippen LogP) is 2.72. The van der Waals surface area contributed by atoms with Gasteiger partial charge in [0.15, 0.2) is 5.82 Å². The zero-order valence-electron chi connectivity index (χ0n) is 11.7. The second kappa shape index (κ2) is 6.17. The predicted molar refractivity (Wildman–Crippen MR) is 87.9 cm³/mol. The van der Waals surface area contributed by atoms with Gasteiger partial charge in [0.1, 0.15) is 0 Å². The van der Waals surface area contributed by atoms with Crippen LogP contribution in [0.5, 0.6) is 0 Å². The fraction of sp³-hybridized carbons (Fsp3) is 0.125. The van der Waals surface area contributed by atoms with Gasteiger partial charge in [0.05, 0.1) is 16.6 Å². The lowest BCUT2D eigenvalue weighted by molar-refractivity contribution is -0.117. The van der Waals surface area contributed by atoms with Crippen LogP contribution in [0.25, 0.3) is 10.9 Å². The second-order valence-electron chi connectivity index (χ2n) is 5.02. The molecule has 0 radical (unpaired) electrons. The van der Waals surface area contributed by atoms with Crippen molar-refractivity contribution in [3.63, 3.8) is 0 Å². The lowest BCUT2D eigenvalue weighted by Crippen LogP contribution is -2.37. The molecule has 5 nitrogen and oxygen atoms in total. The molecular weight excluding hydrogens is 300 g/mol. The van der Waals surface area contributed by atoms with E-state index in [0.717, 1.165) is 10.9 Å². The number of nitrogens with one attached hydrogen (secondary N) is 2. The molecular formula is C16H15ClN4O. The maximum Gasteiger partial charge on any atom is 0.242 e. The van der Waals surface area contributed by atoms with E-state index in [-0.39, 0.29) is 5.91 Å². The lowest BCUT2D eigenvalue weighted by Gasteiger charge is -2.11. The molecule has 0 spiro atoms. The number of halogens is 1. The summed E-state index contributed by atoms with van der Waals surface area (Å²) >= 11 is 6.07. The Balaban J connectivity index is 1.74. The van der Waals surface area contributed by atoms with Crippen LogP contribution in [0.3, 0.4) is 0 Å². The Kier molecular flexibility index (Phi) is 4.09. The summed E-state index contributed by atoms with van der Waals surface area (Å²) in [5, 5.41) is 11.0. The number of benzene rings is 2. The van der Waals surface area contributed by atoms with Crippen LogP contribution in [0.1, 0.15) is 5.56 Å². The van der Waals surface area contributed by atoms with E-state index in [0.29, 0.717) is 22.8 Å². The summed E-state index contributed by atoms with van der Waals surface area (Å²) in [6, 6.07) is 14.4. The summed E-state index contributed by atoms with van der Waals surface area (Å²) in [7, 11) is 0. The molecule has 3 rings (SSSR count). The van der Waals surface area contributed by atoms with Gasteiger partial charge in [-0.05, 0) is 24.1 Å². The number of carbonyl (C=O) groups is 1. The highest BCUT2D eigenvalue weighted by Gasteiger charge is 2.17. The summed E-state index contributed by atoms with van der Waals surface area (Å²) in [4.78, 5) is 12.2. The number of anilines is 1. The number of rotatable bonds is 4. The number of fused-ring (bicyclic) bond motifs is 1. The van der Waals surface area contributed by atoms with Gasteiger partial charge in [-0.1, -0.05) is 48.0 Å². The van der Waals surface area contributed by atoms with Gasteiger partial charge in [0, 0.05) is 5.39 Å². The molecule has 3 aromatic rings. The minimum Gasteiger partial charge on any atom is -0.320 e. The van der Waals surface area contributed by atoms with Gasteiger partial charge in [-0.3, -0.25) is 9.89 Å². The minimum absolute atomic E-state index is 0.280. The van der Waals surface area contributed by atoms with E-state index in [9.17, 15) is 4.79 Å². The Morgan fingerprint density at radius 3 is 2.77 bits per heavy atom. The lowest BCUT2D eigenvalue weighted by atomic mass is 10.1. The first-order valence-corrected chi connectivity index (χ1v) is 7.26. The Morgan fingerprint density at radius 1 is 1.23 bits per heavy atom. The quantitative estimate of drug-likeness (QED) is 0.692. The summed E-state index contributed by atoms with van der Waals surface area (Å²) in [6.45, 7) is 0. The third kappa shape index (κ3) is 2.95. The van der Waals surface area contributed by atoms with Crippen LogP contribution in [0.4, 0.5) is 5.82 Å². The standard InChI is InChI=1S/C16H15ClN4O/c17-12-8-4-7-11-14(12)20-21-15(11)19-16(22)13(18)9-10-5-2-1-3-6-10/h1-8,13H,9,18H2,(H2,19,20,21,22)/t13-/m0/s1. The van der Waals surface area contributed by atoms with E-state index in [1.807, 2.05) is 36.4 Å². The summed E-state index contributed by atoms with van der Waals surface area (Å²) < 4.78 is 0. The van der Waals surface area contributed by atoms with Gasteiger partial charge in [0.2, 0.25) is 5.91 Å². The van der Waals surface area contributed by atoms with Gasteiger partial charge in [-0.2, -0.15) is 5.10 Å². The molecule has 0 aliphatic heterocycles. The smallest absolute Gasteiger partial charge is 0.242 e. The van der Waals surface area contributed by atoms with Crippen molar-refractivity contribution in [2.45, 2.75) is 12.5 Å². The van der Waals surface area contributed by atoms with Gasteiger partial charge in [-0.15, -0.1) is 0 Å². The minimum atomic E-state index is -0.645. The number of aromatic nitrogens is 2. The van der Waals surface area contributed by atoms with Crippen LogP contribution >= 0.6 is 11.6 Å². The van der Waals surface area contributed by atoms with E-state index < -0.39 is 6.04 Å². The molecule has 0 bridgehead atoms. The molecule has 6 heteroatoms. The van der Waals surface area contributed by atoms with Crippen molar-refractivity contribution in [3.05, 3.63) is 59.1 Å². The summed E-state index contributed by atoms with van der Waals surface area (Å²) in [5.74, 6) is 0.156. The average molecular weight is 315 g/mol. The topological polar surface area (TPSA) is 83.8 Å². The molecule has 0 aliphatic rings. The summed E-state index contributed by atoms with van der Waals surface area (Å²) in [5.41, 5.74) is 7.67. The Labute approximate surface area is 132 Å². The van der Waals surface area contributed by atoms with Crippen molar-refractivity contribution in [2.75, 3.05) is 5.32 Å². The molecule has 0 unspecified atom stereocenters. The molecule has 0 fully saturated rings. The third-order valence-corrected chi connectivity index (χ3v) is 3.74. The van der Waals surface area contributed by atoms with E-state index in [4.69, 9.17) is 17.3 Å². The van der Waals surface area contributed by atoms with Gasteiger partial charge in [-0.25, -0.2) is 0 Å². The van der Waals surface area contributed by atoms with Crippen molar-refractivity contribution in [1.29, 1.82) is 0 Å². The Bertz CT molecular complexity index is 800. The zero-order chi connectivity index (χ0) is 15.5. The van der Waals surface area contributed by atoms with Gasteiger partial charge >= 0.3 is 0 Å². The fourth-order valence-electron chi connectivity index (χ4n) is 2.27. The van der Waals surface area contributed by atoms with Crippen LogP contribution < -0.4 is 11.1 Å². The van der Waals surface area contributed by atoms with Crippen molar-refractivity contribution in [3.8, 4) is 0 Å². The molecule has 0 saturated carbocycles. The molecule has 0 saturated heterocycles. The van der Waals surface area contributed by atoms with Crippen molar-refractivity contribution in [2.24, 2.45) is 5.73 Å². The van der Waals surface area contributed by atoms with Crippen molar-refractivity contribution >= 4 is 34.2 Å². The van der Waals surface area contributed by atoms with E-state index >= 15 is 0 Å². The van der Waals surface area contributed by atoms with Crippen LogP contribution in [0.2, 0.25) is 5.02 Å². The Morgan fingerprint density at radius 2 is 2.00 bits per heavy atom. The molecule has 4 N–H and O–H groups in total. The highest BCUT2D eigenvalue weighted by molar-refractivity contribution is 6.35. The number of nitrogens with zero attached hydrogens (tertiary/aromatic N) is 1. The zero-order valence-corrected chi connectivity index (χ0v) is 12.5. The monoisotopic (exact) mass is 314 g/mol. The van der Waals surface area contributed by atoms with Crippen molar-refractivity contribution < 1.29 is 4.79 Å². The first-order chi connectivity index (χ1) is 10.6. The maximum atomic E-state index is 12.2. The van der Waals surface area contributed by atoms with Crippen LogP contribution in [-0.4, -0.2) is 22.1 Å². The number of H-pyrrole nitrogens is 1. The molecule has 1 aromatic heterocycles. The number of hydrogen-bond acceptors (Lipinski definition) is 3. The fourth-order valence-corrected chi connectivity index (χ4v) is 2.49. The molecule has 22 heavy (non-hydrogen) atoms.